The number of thiazole rings is 1. The lowest BCUT2D eigenvalue weighted by Gasteiger charge is -2.55. The molecule has 142 valence electrons. The van der Waals surface area contributed by atoms with Crippen LogP contribution in [0.25, 0.3) is 10.6 Å². The molecule has 4 bridgehead atoms. The number of nitrogens with one attached hydrogen (secondary N) is 1. The normalized spacial score (nSPS) is 31.2. The van der Waals surface area contributed by atoms with Gasteiger partial charge in [0.05, 0.1) is 5.69 Å². The molecular weight excluding hydrogens is 354 g/mol. The van der Waals surface area contributed by atoms with E-state index in [2.05, 4.69) is 17.2 Å². The van der Waals surface area contributed by atoms with Crippen LogP contribution in [0.4, 0.5) is 0 Å². The van der Waals surface area contributed by atoms with Crippen LogP contribution in [-0.2, 0) is 11.2 Å². The first-order valence-electron chi connectivity index (χ1n) is 10.3. The molecule has 0 saturated heterocycles. The Hall–Kier alpha value is -1.75. The van der Waals surface area contributed by atoms with Gasteiger partial charge in [-0.1, -0.05) is 0 Å². The molecule has 6 rings (SSSR count). The molecule has 27 heavy (non-hydrogen) atoms. The smallest absolute Gasteiger partial charge is 0.226 e. The second kappa shape index (κ2) is 6.69. The number of hydrogen-bond acceptors (Lipinski definition) is 4. The minimum atomic E-state index is -0.0433. The number of carbonyl (C=O) groups is 1. The molecule has 0 unspecified atom stereocenters. The number of carbonyl (C=O) groups excluding carboxylic acids is 1. The highest BCUT2D eigenvalue weighted by atomic mass is 32.1. The van der Waals surface area contributed by atoms with Crippen LogP contribution < -0.4 is 5.32 Å². The summed E-state index contributed by atoms with van der Waals surface area (Å²) in [6.07, 6.45) is 12.0. The number of amides is 1. The standard InChI is InChI=1S/C22H27N3OS/c1-14-19(27-20(25-14)18-3-2-5-23-13-18)4-6-24-21(26)22-10-15-7-16(11-22)9-17(8-15)12-22/h2-3,5,13,15-17H,4,6-12H2,1H3,(H,24,26). The maximum Gasteiger partial charge on any atom is 0.226 e. The average molecular weight is 382 g/mol. The highest BCUT2D eigenvalue weighted by Gasteiger charge is 2.54. The number of aromatic nitrogens is 2. The molecule has 4 nitrogen and oxygen atoms in total. The predicted molar refractivity (Wildman–Crippen MR) is 107 cm³/mol. The van der Waals surface area contributed by atoms with E-state index in [-0.39, 0.29) is 5.41 Å². The Labute approximate surface area is 164 Å². The second-order valence-corrected chi connectivity index (χ2v) is 10.1. The van der Waals surface area contributed by atoms with Gasteiger partial charge in [-0.2, -0.15) is 0 Å². The van der Waals surface area contributed by atoms with Crippen molar-refractivity contribution in [2.75, 3.05) is 6.54 Å². The van der Waals surface area contributed by atoms with Crippen molar-refractivity contribution in [1.82, 2.24) is 15.3 Å². The van der Waals surface area contributed by atoms with Gasteiger partial charge >= 0.3 is 0 Å². The van der Waals surface area contributed by atoms with Gasteiger partial charge < -0.3 is 5.32 Å². The van der Waals surface area contributed by atoms with Crippen LogP contribution in [0.3, 0.4) is 0 Å². The third kappa shape index (κ3) is 3.20. The summed E-state index contributed by atoms with van der Waals surface area (Å²) in [6, 6.07) is 3.99. The Morgan fingerprint density at radius 2 is 1.93 bits per heavy atom. The zero-order chi connectivity index (χ0) is 18.4. The van der Waals surface area contributed by atoms with E-state index in [1.807, 2.05) is 18.3 Å². The van der Waals surface area contributed by atoms with Gasteiger partial charge in [-0.05, 0) is 75.3 Å². The van der Waals surface area contributed by atoms with Crippen LogP contribution in [0.1, 0.15) is 49.1 Å². The number of rotatable bonds is 5. The molecule has 0 aromatic carbocycles. The van der Waals surface area contributed by atoms with E-state index < -0.39 is 0 Å². The Morgan fingerprint density at radius 1 is 1.22 bits per heavy atom. The maximum absolute atomic E-state index is 13.1. The van der Waals surface area contributed by atoms with Crippen LogP contribution in [0.2, 0.25) is 0 Å². The highest BCUT2D eigenvalue weighted by molar-refractivity contribution is 7.15. The van der Waals surface area contributed by atoms with E-state index in [0.717, 1.165) is 66.2 Å². The van der Waals surface area contributed by atoms with Crippen LogP contribution in [0.15, 0.2) is 24.5 Å². The predicted octanol–water partition coefficient (Wildman–Crippen LogP) is 4.39. The summed E-state index contributed by atoms with van der Waals surface area (Å²) in [7, 11) is 0. The Kier molecular flexibility index (Phi) is 4.30. The fourth-order valence-electron chi connectivity index (χ4n) is 6.14. The summed E-state index contributed by atoms with van der Waals surface area (Å²) in [5.74, 6) is 2.77. The van der Waals surface area contributed by atoms with E-state index >= 15 is 0 Å². The Balaban J connectivity index is 1.22. The number of aryl methyl sites for hydroxylation is 1. The highest BCUT2D eigenvalue weighted by Crippen LogP contribution is 2.60. The molecule has 0 aliphatic heterocycles. The second-order valence-electron chi connectivity index (χ2n) is 8.97. The fourth-order valence-corrected chi connectivity index (χ4v) is 7.19. The molecule has 4 fully saturated rings. The first-order valence-corrected chi connectivity index (χ1v) is 11.1. The van der Waals surface area contributed by atoms with Gasteiger partial charge in [-0.25, -0.2) is 4.98 Å². The number of nitrogens with zero attached hydrogens (tertiary/aromatic N) is 2. The van der Waals surface area contributed by atoms with Crippen molar-refractivity contribution in [3.8, 4) is 10.6 Å². The van der Waals surface area contributed by atoms with Gasteiger partial charge in [0.25, 0.3) is 0 Å². The van der Waals surface area contributed by atoms with Crippen LogP contribution in [-0.4, -0.2) is 22.4 Å². The summed E-state index contributed by atoms with van der Waals surface area (Å²) in [6.45, 7) is 2.78. The maximum atomic E-state index is 13.1. The summed E-state index contributed by atoms with van der Waals surface area (Å²) >= 11 is 1.72. The molecule has 0 atom stereocenters. The zero-order valence-electron chi connectivity index (χ0n) is 15.9. The van der Waals surface area contributed by atoms with Gasteiger partial charge in [-0.3, -0.25) is 9.78 Å². The topological polar surface area (TPSA) is 54.9 Å². The van der Waals surface area contributed by atoms with Gasteiger partial charge in [-0.15, -0.1) is 11.3 Å². The van der Waals surface area contributed by atoms with Gasteiger partial charge in [0.2, 0.25) is 5.91 Å². The molecular formula is C22H27N3OS. The molecule has 1 N–H and O–H groups in total. The molecule has 0 radical (unpaired) electrons. The molecule has 4 saturated carbocycles. The molecule has 0 spiro atoms. The first-order chi connectivity index (χ1) is 13.1. The van der Waals surface area contributed by atoms with E-state index in [1.54, 1.807) is 17.5 Å². The molecule has 4 aliphatic carbocycles. The number of pyridine rings is 1. The first kappa shape index (κ1) is 17.4. The van der Waals surface area contributed by atoms with Crippen LogP contribution in [0.5, 0.6) is 0 Å². The van der Waals surface area contributed by atoms with Crippen molar-refractivity contribution in [2.45, 2.75) is 51.9 Å². The van der Waals surface area contributed by atoms with Crippen molar-refractivity contribution < 1.29 is 4.79 Å². The summed E-state index contributed by atoms with van der Waals surface area (Å²) < 4.78 is 0. The van der Waals surface area contributed by atoms with E-state index in [1.165, 1.54) is 24.1 Å². The zero-order valence-corrected chi connectivity index (χ0v) is 16.7. The fraction of sp³-hybridized carbons (Fsp3) is 0.591. The lowest BCUT2D eigenvalue weighted by molar-refractivity contribution is -0.146. The van der Waals surface area contributed by atoms with Crippen molar-refractivity contribution in [1.29, 1.82) is 0 Å². The van der Waals surface area contributed by atoms with Crippen molar-refractivity contribution in [3.05, 3.63) is 35.1 Å². The largest absolute Gasteiger partial charge is 0.355 e. The van der Waals surface area contributed by atoms with Gasteiger partial charge in [0.15, 0.2) is 0 Å². The lowest BCUT2D eigenvalue weighted by atomic mass is 9.49. The third-order valence-corrected chi connectivity index (χ3v) is 8.22. The third-order valence-electron chi connectivity index (χ3n) is 6.96. The Morgan fingerprint density at radius 3 is 2.56 bits per heavy atom. The lowest BCUT2D eigenvalue weighted by Crippen LogP contribution is -2.53. The molecule has 5 heteroatoms. The average Bonchev–Trinajstić information content (AvgIpc) is 3.02. The monoisotopic (exact) mass is 381 g/mol. The summed E-state index contributed by atoms with van der Waals surface area (Å²) in [4.78, 5) is 23.2. The molecule has 2 aromatic rings. The molecule has 2 heterocycles. The minimum Gasteiger partial charge on any atom is -0.355 e. The van der Waals surface area contributed by atoms with Crippen LogP contribution >= 0.6 is 11.3 Å². The SMILES string of the molecule is Cc1nc(-c2cccnc2)sc1CCNC(=O)C12CC3CC(CC(C3)C1)C2. The summed E-state index contributed by atoms with van der Waals surface area (Å²) in [5.41, 5.74) is 2.09. The summed E-state index contributed by atoms with van der Waals surface area (Å²) in [5, 5.41) is 4.31. The molecule has 4 aliphatic rings. The molecule has 1 amide bonds. The van der Waals surface area contributed by atoms with Crippen molar-refractivity contribution in [2.24, 2.45) is 23.2 Å². The van der Waals surface area contributed by atoms with E-state index in [9.17, 15) is 4.79 Å². The van der Waals surface area contributed by atoms with E-state index in [4.69, 9.17) is 4.98 Å². The van der Waals surface area contributed by atoms with Crippen molar-refractivity contribution >= 4 is 17.2 Å². The van der Waals surface area contributed by atoms with Crippen LogP contribution in [0, 0.1) is 30.1 Å². The molecule has 2 aromatic heterocycles. The number of hydrogen-bond donors (Lipinski definition) is 1. The van der Waals surface area contributed by atoms with Gasteiger partial charge in [0, 0.05) is 41.2 Å². The quantitative estimate of drug-likeness (QED) is 0.836. The minimum absolute atomic E-state index is 0.0433. The van der Waals surface area contributed by atoms with Gasteiger partial charge in [0.1, 0.15) is 5.01 Å². The van der Waals surface area contributed by atoms with E-state index in [0.29, 0.717) is 5.91 Å². The van der Waals surface area contributed by atoms with Crippen molar-refractivity contribution in [3.63, 3.8) is 0 Å². The Bertz CT molecular complexity index is 809.